The highest BCUT2D eigenvalue weighted by Crippen LogP contribution is 2.23. The Labute approximate surface area is 162 Å². The Morgan fingerprint density at radius 3 is 2.48 bits per heavy atom. The van der Waals surface area contributed by atoms with Gasteiger partial charge in [-0.1, -0.05) is 6.92 Å². The second kappa shape index (κ2) is 8.63. The van der Waals surface area contributed by atoms with Crippen molar-refractivity contribution >= 4 is 28.8 Å². The molecule has 3 rings (SSSR count). The third-order valence-electron chi connectivity index (χ3n) is 4.91. The molecular weight excluding hydrogens is 365 g/mol. The Hall–Kier alpha value is -2.25. The molecule has 2 N–H and O–H groups in total. The number of quaternary nitrogens is 1. The summed E-state index contributed by atoms with van der Waals surface area (Å²) in [4.78, 5) is 29.9. The maximum absolute atomic E-state index is 12.9. The van der Waals surface area contributed by atoms with Crippen LogP contribution in [0.15, 0.2) is 30.3 Å². The SMILES string of the molecule is CCc1cc(C(=O)N2CC[NH+](CC(=O)Nc3ccc(F)cc3)CC2)sc1C. The molecule has 5 nitrogen and oxygen atoms in total. The molecule has 0 bridgehead atoms. The van der Waals surface area contributed by atoms with Crippen molar-refractivity contribution in [3.63, 3.8) is 0 Å². The fourth-order valence-corrected chi connectivity index (χ4v) is 4.38. The van der Waals surface area contributed by atoms with Crippen molar-refractivity contribution in [3.8, 4) is 0 Å². The molecular formula is C20H25FN3O2S+. The number of nitrogens with one attached hydrogen (secondary N) is 2. The molecule has 1 aliphatic heterocycles. The number of halogens is 1. The van der Waals surface area contributed by atoms with Crippen LogP contribution in [0, 0.1) is 12.7 Å². The topological polar surface area (TPSA) is 53.9 Å². The Bertz CT molecular complexity index is 811. The Kier molecular flexibility index (Phi) is 6.23. The van der Waals surface area contributed by atoms with Crippen LogP contribution in [0.1, 0.15) is 27.0 Å². The highest BCUT2D eigenvalue weighted by atomic mass is 32.1. The maximum atomic E-state index is 12.9. The first-order chi connectivity index (χ1) is 13.0. The molecule has 0 unspecified atom stereocenters. The minimum Gasteiger partial charge on any atom is -0.327 e. The summed E-state index contributed by atoms with van der Waals surface area (Å²) in [6.07, 6.45) is 0.941. The van der Waals surface area contributed by atoms with Gasteiger partial charge < -0.3 is 15.1 Å². The molecule has 27 heavy (non-hydrogen) atoms. The number of benzene rings is 1. The lowest BCUT2D eigenvalue weighted by atomic mass is 10.2. The summed E-state index contributed by atoms with van der Waals surface area (Å²) in [7, 11) is 0. The average molecular weight is 391 g/mol. The molecule has 1 saturated heterocycles. The van der Waals surface area contributed by atoms with E-state index >= 15 is 0 Å². The molecule has 2 amide bonds. The molecule has 0 saturated carbocycles. The molecule has 0 spiro atoms. The van der Waals surface area contributed by atoms with Gasteiger partial charge in [-0.25, -0.2) is 4.39 Å². The zero-order valence-electron chi connectivity index (χ0n) is 15.7. The van der Waals surface area contributed by atoms with Crippen molar-refractivity contribution in [2.75, 3.05) is 38.0 Å². The van der Waals surface area contributed by atoms with Crippen LogP contribution in [0.5, 0.6) is 0 Å². The zero-order chi connectivity index (χ0) is 19.4. The number of thiophene rings is 1. The second-order valence-electron chi connectivity index (χ2n) is 6.82. The van der Waals surface area contributed by atoms with Gasteiger partial charge in [-0.2, -0.15) is 0 Å². The quantitative estimate of drug-likeness (QED) is 0.817. The van der Waals surface area contributed by atoms with Gasteiger partial charge in [0.2, 0.25) is 0 Å². The molecule has 2 heterocycles. The number of aryl methyl sites for hydroxylation is 2. The first-order valence-corrected chi connectivity index (χ1v) is 10.1. The number of hydrogen-bond donors (Lipinski definition) is 2. The number of nitrogens with zero attached hydrogens (tertiary/aromatic N) is 1. The summed E-state index contributed by atoms with van der Waals surface area (Å²) < 4.78 is 12.9. The number of rotatable bonds is 5. The first kappa shape index (κ1) is 19.5. The summed E-state index contributed by atoms with van der Waals surface area (Å²) in [6.45, 7) is 7.29. The van der Waals surface area contributed by atoms with Crippen LogP contribution in [-0.4, -0.2) is 49.4 Å². The summed E-state index contributed by atoms with van der Waals surface area (Å²) in [5.74, 6) is -0.332. The van der Waals surface area contributed by atoms with Crippen molar-refractivity contribution < 1.29 is 18.9 Å². The lowest BCUT2D eigenvalue weighted by molar-refractivity contribution is -0.895. The largest absolute Gasteiger partial charge is 0.327 e. The van der Waals surface area contributed by atoms with E-state index in [0.717, 1.165) is 29.3 Å². The van der Waals surface area contributed by atoms with E-state index in [2.05, 4.69) is 19.2 Å². The second-order valence-corrected chi connectivity index (χ2v) is 8.08. The third-order valence-corrected chi connectivity index (χ3v) is 5.99. The van der Waals surface area contributed by atoms with Gasteiger partial charge in [0.1, 0.15) is 5.82 Å². The number of anilines is 1. The monoisotopic (exact) mass is 390 g/mol. The van der Waals surface area contributed by atoms with Gasteiger partial charge in [0, 0.05) is 10.6 Å². The Morgan fingerprint density at radius 1 is 1.22 bits per heavy atom. The highest BCUT2D eigenvalue weighted by molar-refractivity contribution is 7.14. The summed E-state index contributed by atoms with van der Waals surface area (Å²) in [5, 5.41) is 2.79. The molecule has 1 aliphatic rings. The van der Waals surface area contributed by atoms with E-state index in [1.807, 2.05) is 11.0 Å². The molecule has 1 aromatic heterocycles. The lowest BCUT2D eigenvalue weighted by Crippen LogP contribution is -3.15. The standard InChI is InChI=1S/C20H24FN3O2S/c1-3-15-12-18(27-14(15)2)20(26)24-10-8-23(9-11-24)13-19(25)22-17-6-4-16(21)5-7-17/h4-7,12H,3,8-11,13H2,1-2H3,(H,22,25)/p+1. The number of carbonyl (C=O) groups excluding carboxylic acids is 2. The molecule has 1 aromatic carbocycles. The van der Waals surface area contributed by atoms with E-state index in [1.165, 1.54) is 22.6 Å². The number of piperazine rings is 1. The van der Waals surface area contributed by atoms with Gasteiger partial charge >= 0.3 is 0 Å². The summed E-state index contributed by atoms with van der Waals surface area (Å²) >= 11 is 1.57. The average Bonchev–Trinajstić information content (AvgIpc) is 3.04. The Balaban J connectivity index is 1.48. The summed E-state index contributed by atoms with van der Waals surface area (Å²) in [5.41, 5.74) is 1.83. The molecule has 2 aromatic rings. The molecule has 0 aliphatic carbocycles. The van der Waals surface area contributed by atoms with Gasteiger partial charge in [0.25, 0.3) is 11.8 Å². The van der Waals surface area contributed by atoms with E-state index in [4.69, 9.17) is 0 Å². The predicted octanol–water partition coefficient (Wildman–Crippen LogP) is 1.74. The number of hydrogen-bond acceptors (Lipinski definition) is 3. The fourth-order valence-electron chi connectivity index (χ4n) is 3.30. The van der Waals surface area contributed by atoms with E-state index < -0.39 is 0 Å². The van der Waals surface area contributed by atoms with Crippen LogP contribution in [-0.2, 0) is 11.2 Å². The molecule has 7 heteroatoms. The fraction of sp³-hybridized carbons (Fsp3) is 0.400. The van der Waals surface area contributed by atoms with Crippen LogP contribution in [0.25, 0.3) is 0 Å². The molecule has 1 fully saturated rings. The maximum Gasteiger partial charge on any atom is 0.279 e. The summed E-state index contributed by atoms with van der Waals surface area (Å²) in [6, 6.07) is 7.75. The normalized spacial score (nSPS) is 15.0. The van der Waals surface area contributed by atoms with Crippen LogP contribution in [0.2, 0.25) is 0 Å². The van der Waals surface area contributed by atoms with Gasteiger partial charge in [-0.3, -0.25) is 9.59 Å². The van der Waals surface area contributed by atoms with Gasteiger partial charge in [-0.15, -0.1) is 11.3 Å². The van der Waals surface area contributed by atoms with E-state index in [9.17, 15) is 14.0 Å². The van der Waals surface area contributed by atoms with Crippen molar-refractivity contribution in [2.45, 2.75) is 20.3 Å². The third kappa shape index (κ3) is 4.93. The smallest absolute Gasteiger partial charge is 0.279 e. The van der Waals surface area contributed by atoms with E-state index in [1.54, 1.807) is 23.5 Å². The molecule has 0 radical (unpaired) electrons. The number of carbonyl (C=O) groups is 2. The van der Waals surface area contributed by atoms with Crippen molar-refractivity contribution in [1.82, 2.24) is 4.90 Å². The van der Waals surface area contributed by atoms with Gasteiger partial charge in [0.05, 0.1) is 31.1 Å². The van der Waals surface area contributed by atoms with Gasteiger partial charge in [0.15, 0.2) is 6.54 Å². The van der Waals surface area contributed by atoms with Crippen LogP contribution in [0.4, 0.5) is 10.1 Å². The van der Waals surface area contributed by atoms with Crippen molar-refractivity contribution in [2.24, 2.45) is 0 Å². The lowest BCUT2D eigenvalue weighted by Gasteiger charge is -2.31. The predicted molar refractivity (Wildman–Crippen MR) is 105 cm³/mol. The minimum atomic E-state index is -0.327. The minimum absolute atomic E-state index is 0.0950. The van der Waals surface area contributed by atoms with Crippen molar-refractivity contribution in [3.05, 3.63) is 51.5 Å². The number of amides is 2. The molecule has 144 valence electrons. The van der Waals surface area contributed by atoms with E-state index in [0.29, 0.717) is 25.3 Å². The molecule has 0 atom stereocenters. The van der Waals surface area contributed by atoms with Crippen LogP contribution >= 0.6 is 11.3 Å². The van der Waals surface area contributed by atoms with Gasteiger partial charge in [-0.05, 0) is 49.2 Å². The van der Waals surface area contributed by atoms with Crippen molar-refractivity contribution in [1.29, 1.82) is 0 Å². The first-order valence-electron chi connectivity index (χ1n) is 9.24. The van der Waals surface area contributed by atoms with E-state index in [-0.39, 0.29) is 17.6 Å². The van der Waals surface area contributed by atoms with Crippen LogP contribution in [0.3, 0.4) is 0 Å². The Morgan fingerprint density at radius 2 is 1.89 bits per heavy atom. The highest BCUT2D eigenvalue weighted by Gasteiger charge is 2.27. The van der Waals surface area contributed by atoms with Crippen LogP contribution < -0.4 is 10.2 Å². The zero-order valence-corrected chi connectivity index (χ0v) is 16.5.